The highest BCUT2D eigenvalue weighted by Gasteiger charge is 2.38. The molecule has 0 aliphatic carbocycles. The number of aliphatic hydroxyl groups is 1. The lowest BCUT2D eigenvalue weighted by Gasteiger charge is -2.28. The standard InChI is InChI=1S/C20H29N3O3/c24-19-15-23(14-18(19)22-10-5-12-26-13-11-22)20(25)16-6-1-2-7-17(16)21-8-3-4-9-21/h1-2,6-7,18-19,24H,3-5,8-15H2/t18-,19-/m1/s1. The van der Waals surface area contributed by atoms with Crippen LogP contribution in [0.2, 0.25) is 0 Å². The van der Waals surface area contributed by atoms with Crippen molar-refractivity contribution in [3.8, 4) is 0 Å². The summed E-state index contributed by atoms with van der Waals surface area (Å²) in [6, 6.07) is 7.93. The number of likely N-dealkylation sites (tertiary alicyclic amines) is 1. The van der Waals surface area contributed by atoms with Gasteiger partial charge in [0, 0.05) is 51.6 Å². The van der Waals surface area contributed by atoms with Crippen molar-refractivity contribution in [1.29, 1.82) is 0 Å². The molecule has 6 heteroatoms. The van der Waals surface area contributed by atoms with Gasteiger partial charge in [-0.1, -0.05) is 12.1 Å². The molecule has 0 radical (unpaired) electrons. The van der Waals surface area contributed by atoms with Gasteiger partial charge < -0.3 is 19.6 Å². The van der Waals surface area contributed by atoms with Gasteiger partial charge in [-0.15, -0.1) is 0 Å². The Bertz CT molecular complexity index is 624. The van der Waals surface area contributed by atoms with E-state index in [2.05, 4.69) is 15.9 Å². The number of carbonyl (C=O) groups is 1. The van der Waals surface area contributed by atoms with Gasteiger partial charge >= 0.3 is 0 Å². The highest BCUT2D eigenvalue weighted by atomic mass is 16.5. The van der Waals surface area contributed by atoms with Gasteiger partial charge in [-0.25, -0.2) is 0 Å². The van der Waals surface area contributed by atoms with Crippen molar-refractivity contribution < 1.29 is 14.6 Å². The second-order valence-electron chi connectivity index (χ2n) is 7.56. The summed E-state index contributed by atoms with van der Waals surface area (Å²) >= 11 is 0. The van der Waals surface area contributed by atoms with Crippen molar-refractivity contribution in [2.45, 2.75) is 31.4 Å². The van der Waals surface area contributed by atoms with Crippen LogP contribution in [0.1, 0.15) is 29.6 Å². The van der Waals surface area contributed by atoms with Gasteiger partial charge in [0.15, 0.2) is 0 Å². The van der Waals surface area contributed by atoms with Gasteiger partial charge in [0.25, 0.3) is 5.91 Å². The van der Waals surface area contributed by atoms with Gasteiger partial charge in [0.05, 0.1) is 24.3 Å². The highest BCUT2D eigenvalue weighted by Crippen LogP contribution is 2.27. The summed E-state index contributed by atoms with van der Waals surface area (Å²) in [5.74, 6) is 0.0418. The number of hydrogen-bond acceptors (Lipinski definition) is 5. The number of rotatable bonds is 3. The normalized spacial score (nSPS) is 27.7. The zero-order valence-electron chi connectivity index (χ0n) is 15.3. The number of carbonyl (C=O) groups excluding carboxylic acids is 1. The fourth-order valence-electron chi connectivity index (χ4n) is 4.45. The minimum absolute atomic E-state index is 0.0135. The zero-order valence-corrected chi connectivity index (χ0v) is 15.3. The molecule has 3 heterocycles. The highest BCUT2D eigenvalue weighted by molar-refractivity contribution is 6.00. The quantitative estimate of drug-likeness (QED) is 0.879. The molecule has 1 amide bonds. The van der Waals surface area contributed by atoms with Crippen LogP contribution >= 0.6 is 0 Å². The molecule has 0 aromatic heterocycles. The number of β-amino-alcohol motifs (C(OH)–C–C–N with tert-alkyl or cyclic N) is 1. The van der Waals surface area contributed by atoms with Crippen LogP contribution in [0.25, 0.3) is 0 Å². The van der Waals surface area contributed by atoms with Crippen molar-refractivity contribution in [1.82, 2.24) is 9.80 Å². The number of benzene rings is 1. The first kappa shape index (κ1) is 17.8. The summed E-state index contributed by atoms with van der Waals surface area (Å²) in [5.41, 5.74) is 1.80. The van der Waals surface area contributed by atoms with E-state index in [1.807, 2.05) is 23.1 Å². The molecule has 1 N–H and O–H groups in total. The summed E-state index contributed by atoms with van der Waals surface area (Å²) in [6.45, 7) is 6.28. The van der Waals surface area contributed by atoms with Gasteiger partial charge in [0.2, 0.25) is 0 Å². The Morgan fingerprint density at radius 1 is 1.00 bits per heavy atom. The largest absolute Gasteiger partial charge is 0.390 e. The van der Waals surface area contributed by atoms with Crippen LogP contribution < -0.4 is 4.90 Å². The first-order chi connectivity index (χ1) is 12.7. The summed E-state index contributed by atoms with van der Waals surface area (Å²) in [5, 5.41) is 10.6. The molecule has 3 aliphatic heterocycles. The average Bonchev–Trinajstić information content (AvgIpc) is 3.25. The first-order valence-corrected chi connectivity index (χ1v) is 9.87. The van der Waals surface area contributed by atoms with Gasteiger partial charge in [-0.3, -0.25) is 9.69 Å². The Morgan fingerprint density at radius 3 is 2.65 bits per heavy atom. The number of ether oxygens (including phenoxy) is 1. The van der Waals surface area contributed by atoms with E-state index in [1.54, 1.807) is 0 Å². The van der Waals surface area contributed by atoms with E-state index >= 15 is 0 Å². The molecule has 142 valence electrons. The average molecular weight is 359 g/mol. The maximum atomic E-state index is 13.2. The zero-order chi connectivity index (χ0) is 17.9. The van der Waals surface area contributed by atoms with Crippen LogP contribution in [0.5, 0.6) is 0 Å². The maximum Gasteiger partial charge on any atom is 0.256 e. The topological polar surface area (TPSA) is 56.2 Å². The van der Waals surface area contributed by atoms with E-state index in [0.717, 1.165) is 50.5 Å². The minimum atomic E-state index is -0.490. The van der Waals surface area contributed by atoms with Crippen LogP contribution in [-0.2, 0) is 4.74 Å². The fraction of sp³-hybridized carbons (Fsp3) is 0.650. The second-order valence-corrected chi connectivity index (χ2v) is 7.56. The molecule has 1 aromatic carbocycles. The third-order valence-electron chi connectivity index (χ3n) is 5.85. The Hall–Kier alpha value is -1.63. The Morgan fingerprint density at radius 2 is 1.81 bits per heavy atom. The summed E-state index contributed by atoms with van der Waals surface area (Å²) in [4.78, 5) is 19.6. The summed E-state index contributed by atoms with van der Waals surface area (Å²) in [6.07, 6.45) is 2.86. The summed E-state index contributed by atoms with van der Waals surface area (Å²) < 4.78 is 5.53. The predicted molar refractivity (Wildman–Crippen MR) is 101 cm³/mol. The lowest BCUT2D eigenvalue weighted by atomic mass is 10.1. The third kappa shape index (κ3) is 3.59. The molecule has 4 rings (SSSR count). The van der Waals surface area contributed by atoms with Crippen molar-refractivity contribution in [2.75, 3.05) is 57.4 Å². The molecule has 6 nitrogen and oxygen atoms in total. The molecule has 3 saturated heterocycles. The number of hydrogen-bond donors (Lipinski definition) is 1. The molecule has 1 aromatic rings. The number of para-hydroxylation sites is 1. The van der Waals surface area contributed by atoms with Crippen LogP contribution in [-0.4, -0.2) is 85.4 Å². The van der Waals surface area contributed by atoms with E-state index < -0.39 is 6.10 Å². The number of anilines is 1. The van der Waals surface area contributed by atoms with Crippen molar-refractivity contribution in [3.63, 3.8) is 0 Å². The van der Waals surface area contributed by atoms with Crippen LogP contribution in [0, 0.1) is 0 Å². The van der Waals surface area contributed by atoms with E-state index in [4.69, 9.17) is 4.74 Å². The van der Waals surface area contributed by atoms with Gasteiger partial charge in [0.1, 0.15) is 0 Å². The molecule has 2 atom stereocenters. The number of amides is 1. The monoisotopic (exact) mass is 359 g/mol. The van der Waals surface area contributed by atoms with Crippen molar-refractivity contribution in [3.05, 3.63) is 29.8 Å². The maximum absolute atomic E-state index is 13.2. The number of nitrogens with zero attached hydrogens (tertiary/aromatic N) is 3. The van der Waals surface area contributed by atoms with Crippen LogP contribution in [0.15, 0.2) is 24.3 Å². The summed E-state index contributed by atoms with van der Waals surface area (Å²) in [7, 11) is 0. The van der Waals surface area contributed by atoms with Gasteiger partial charge in [-0.05, 0) is 31.4 Å². The molecule has 3 fully saturated rings. The molecule has 0 bridgehead atoms. The Balaban J connectivity index is 1.49. The van der Waals surface area contributed by atoms with Crippen molar-refractivity contribution in [2.24, 2.45) is 0 Å². The fourth-order valence-corrected chi connectivity index (χ4v) is 4.45. The molecule has 26 heavy (non-hydrogen) atoms. The van der Waals surface area contributed by atoms with Crippen LogP contribution in [0.3, 0.4) is 0 Å². The number of aliphatic hydroxyl groups excluding tert-OH is 1. The lowest BCUT2D eigenvalue weighted by Crippen LogP contribution is -2.44. The minimum Gasteiger partial charge on any atom is -0.390 e. The smallest absolute Gasteiger partial charge is 0.256 e. The molecule has 0 unspecified atom stereocenters. The van der Waals surface area contributed by atoms with Crippen LogP contribution in [0.4, 0.5) is 5.69 Å². The molecule has 3 aliphatic rings. The molecule has 0 saturated carbocycles. The Kier molecular flexibility index (Phi) is 5.43. The van der Waals surface area contributed by atoms with E-state index in [1.165, 1.54) is 12.8 Å². The van der Waals surface area contributed by atoms with Gasteiger partial charge in [-0.2, -0.15) is 0 Å². The van der Waals surface area contributed by atoms with E-state index in [-0.39, 0.29) is 11.9 Å². The SMILES string of the molecule is O=C(c1ccccc1N1CCCC1)N1C[C@@H](O)[C@H](N2CCCOCC2)C1. The van der Waals surface area contributed by atoms with E-state index in [0.29, 0.717) is 19.7 Å². The van der Waals surface area contributed by atoms with E-state index in [9.17, 15) is 9.90 Å². The lowest BCUT2D eigenvalue weighted by molar-refractivity contribution is 0.0749. The van der Waals surface area contributed by atoms with Crippen molar-refractivity contribution >= 4 is 11.6 Å². The molecular formula is C20H29N3O3. The Labute approximate surface area is 155 Å². The molecule has 0 spiro atoms. The predicted octanol–water partition coefficient (Wildman–Crippen LogP) is 1.19. The first-order valence-electron chi connectivity index (χ1n) is 9.87. The third-order valence-corrected chi connectivity index (χ3v) is 5.85. The molecular weight excluding hydrogens is 330 g/mol. The second kappa shape index (κ2) is 7.94.